The Balaban J connectivity index is 2.16. The van der Waals surface area contributed by atoms with Gasteiger partial charge in [0.2, 0.25) is 5.91 Å². The monoisotopic (exact) mass is 297 g/mol. The number of nitrogens with one attached hydrogen (secondary N) is 1. The summed E-state index contributed by atoms with van der Waals surface area (Å²) in [5.74, 6) is 0.761. The highest BCUT2D eigenvalue weighted by Gasteiger charge is 2.29. The van der Waals surface area contributed by atoms with Gasteiger partial charge in [-0.15, -0.1) is 0 Å². The number of carbonyl (C=O) groups is 1. The Morgan fingerprint density at radius 1 is 1.50 bits per heavy atom. The first-order valence-electron chi connectivity index (χ1n) is 7.11. The highest BCUT2D eigenvalue weighted by molar-refractivity contribution is 6.29. The van der Waals surface area contributed by atoms with E-state index in [2.05, 4.69) is 10.3 Å². The molecule has 1 saturated carbocycles. The van der Waals surface area contributed by atoms with Crippen molar-refractivity contribution >= 4 is 17.5 Å². The maximum atomic E-state index is 12.0. The Hall–Kier alpha value is -1.36. The first-order chi connectivity index (χ1) is 9.55. The van der Waals surface area contributed by atoms with Crippen LogP contribution in [0.15, 0.2) is 10.9 Å². The fourth-order valence-electron chi connectivity index (χ4n) is 2.22. The molecule has 1 aromatic rings. The third-order valence-electron chi connectivity index (χ3n) is 3.60. The van der Waals surface area contributed by atoms with Crippen molar-refractivity contribution in [1.29, 1.82) is 0 Å². The maximum absolute atomic E-state index is 12.0. The molecule has 0 bridgehead atoms. The van der Waals surface area contributed by atoms with Crippen LogP contribution in [0.3, 0.4) is 0 Å². The minimum Gasteiger partial charge on any atom is -0.352 e. The summed E-state index contributed by atoms with van der Waals surface area (Å²) in [6.07, 6.45) is 3.76. The Morgan fingerprint density at radius 3 is 2.70 bits per heavy atom. The van der Waals surface area contributed by atoms with E-state index in [1.165, 1.54) is 10.6 Å². The number of rotatable bonds is 6. The summed E-state index contributed by atoms with van der Waals surface area (Å²) in [6, 6.07) is 1.42. The molecule has 0 unspecified atom stereocenters. The van der Waals surface area contributed by atoms with Gasteiger partial charge >= 0.3 is 0 Å². The zero-order chi connectivity index (χ0) is 14.7. The summed E-state index contributed by atoms with van der Waals surface area (Å²) in [4.78, 5) is 28.3. The summed E-state index contributed by atoms with van der Waals surface area (Å²) in [5.41, 5.74) is -0.258. The summed E-state index contributed by atoms with van der Waals surface area (Å²) >= 11 is 5.83. The predicted octanol–water partition coefficient (Wildman–Crippen LogP) is 2.08. The number of halogens is 1. The molecule has 0 saturated heterocycles. The van der Waals surface area contributed by atoms with Gasteiger partial charge < -0.3 is 5.32 Å². The van der Waals surface area contributed by atoms with Crippen LogP contribution < -0.4 is 10.9 Å². The lowest BCUT2D eigenvalue weighted by Crippen LogP contribution is -2.39. The van der Waals surface area contributed by atoms with Gasteiger partial charge in [0.15, 0.2) is 0 Å². The van der Waals surface area contributed by atoms with Gasteiger partial charge in [-0.25, -0.2) is 4.98 Å². The quantitative estimate of drug-likeness (QED) is 0.818. The lowest BCUT2D eigenvalue weighted by Gasteiger charge is -2.16. The number of carbonyl (C=O) groups excluding carboxylic acids is 1. The molecule has 1 amide bonds. The first kappa shape index (κ1) is 15.0. The van der Waals surface area contributed by atoms with Crippen LogP contribution in [0.4, 0.5) is 0 Å². The third kappa shape index (κ3) is 3.60. The molecule has 1 N–H and O–H groups in total. The number of aromatic nitrogens is 2. The molecule has 2 rings (SSSR count). The van der Waals surface area contributed by atoms with Crippen molar-refractivity contribution in [3.63, 3.8) is 0 Å². The highest BCUT2D eigenvalue weighted by Crippen LogP contribution is 2.38. The smallest absolute Gasteiger partial charge is 0.255 e. The predicted molar refractivity (Wildman–Crippen MR) is 78.0 cm³/mol. The van der Waals surface area contributed by atoms with Gasteiger partial charge in [-0.3, -0.25) is 14.2 Å². The van der Waals surface area contributed by atoms with E-state index in [1.54, 1.807) is 0 Å². The van der Waals surface area contributed by atoms with E-state index in [1.807, 2.05) is 13.8 Å². The van der Waals surface area contributed by atoms with Crippen LogP contribution in [0.25, 0.3) is 0 Å². The van der Waals surface area contributed by atoms with Gasteiger partial charge in [0, 0.05) is 18.0 Å². The lowest BCUT2D eigenvalue weighted by atomic mass is 10.2. The fraction of sp³-hybridized carbons (Fsp3) is 0.643. The van der Waals surface area contributed by atoms with Gasteiger partial charge in [-0.2, -0.15) is 0 Å². The number of hydrogen-bond donors (Lipinski definition) is 1. The van der Waals surface area contributed by atoms with E-state index in [-0.39, 0.29) is 35.1 Å². The molecule has 1 aliphatic rings. The van der Waals surface area contributed by atoms with Gasteiger partial charge in [0.05, 0.1) is 0 Å². The molecule has 0 radical (unpaired) electrons. The van der Waals surface area contributed by atoms with E-state index in [4.69, 9.17) is 11.6 Å². The van der Waals surface area contributed by atoms with Crippen LogP contribution in [-0.4, -0.2) is 21.5 Å². The Bertz CT molecular complexity index is 548. The van der Waals surface area contributed by atoms with E-state index in [0.717, 1.165) is 25.7 Å². The summed E-state index contributed by atoms with van der Waals surface area (Å²) in [7, 11) is 0. The minimum atomic E-state index is -0.258. The van der Waals surface area contributed by atoms with Crippen LogP contribution in [0.1, 0.15) is 51.3 Å². The second-order valence-corrected chi connectivity index (χ2v) is 5.60. The van der Waals surface area contributed by atoms with Crippen molar-refractivity contribution in [3.05, 3.63) is 27.4 Å². The molecule has 1 fully saturated rings. The SMILES string of the molecule is CCC(CC)NC(=O)Cn1c(C2CC2)nc(Cl)cc1=O. The largest absolute Gasteiger partial charge is 0.352 e. The maximum Gasteiger partial charge on any atom is 0.255 e. The second-order valence-electron chi connectivity index (χ2n) is 5.22. The Kier molecular flexibility index (Phi) is 4.81. The molecule has 0 aliphatic heterocycles. The fourth-order valence-corrected chi connectivity index (χ4v) is 2.40. The summed E-state index contributed by atoms with van der Waals surface area (Å²) in [6.45, 7) is 4.07. The Morgan fingerprint density at radius 2 is 2.15 bits per heavy atom. The van der Waals surface area contributed by atoms with Crippen molar-refractivity contribution in [2.24, 2.45) is 0 Å². The average molecular weight is 298 g/mol. The number of nitrogens with zero attached hydrogens (tertiary/aromatic N) is 2. The Labute approximate surface area is 123 Å². The van der Waals surface area contributed by atoms with Crippen molar-refractivity contribution in [2.45, 2.75) is 58.0 Å². The molecule has 5 nitrogen and oxygen atoms in total. The second kappa shape index (κ2) is 6.39. The van der Waals surface area contributed by atoms with E-state index in [9.17, 15) is 9.59 Å². The van der Waals surface area contributed by atoms with Gasteiger partial charge in [0.25, 0.3) is 5.56 Å². The molecule has 1 heterocycles. The van der Waals surface area contributed by atoms with E-state index < -0.39 is 0 Å². The zero-order valence-electron chi connectivity index (χ0n) is 11.9. The molecule has 0 spiro atoms. The van der Waals surface area contributed by atoms with Crippen LogP contribution in [0.5, 0.6) is 0 Å². The van der Waals surface area contributed by atoms with Crippen LogP contribution in [-0.2, 0) is 11.3 Å². The van der Waals surface area contributed by atoms with Crippen molar-refractivity contribution in [2.75, 3.05) is 0 Å². The first-order valence-corrected chi connectivity index (χ1v) is 7.49. The topological polar surface area (TPSA) is 64.0 Å². The molecular formula is C14H20ClN3O2. The lowest BCUT2D eigenvalue weighted by molar-refractivity contribution is -0.122. The van der Waals surface area contributed by atoms with Crippen molar-refractivity contribution in [1.82, 2.24) is 14.9 Å². The van der Waals surface area contributed by atoms with Gasteiger partial charge in [-0.1, -0.05) is 25.4 Å². The van der Waals surface area contributed by atoms with E-state index >= 15 is 0 Å². The highest BCUT2D eigenvalue weighted by atomic mass is 35.5. The number of hydrogen-bond acceptors (Lipinski definition) is 3. The molecule has 1 aromatic heterocycles. The molecule has 0 atom stereocenters. The minimum absolute atomic E-state index is 0.0192. The van der Waals surface area contributed by atoms with Crippen molar-refractivity contribution < 1.29 is 4.79 Å². The van der Waals surface area contributed by atoms with Crippen molar-refractivity contribution in [3.8, 4) is 0 Å². The van der Waals surface area contributed by atoms with E-state index in [0.29, 0.717) is 5.82 Å². The molecule has 0 aromatic carbocycles. The molecule has 6 heteroatoms. The number of amides is 1. The molecular weight excluding hydrogens is 278 g/mol. The molecule has 110 valence electrons. The summed E-state index contributed by atoms with van der Waals surface area (Å²) < 4.78 is 1.45. The van der Waals surface area contributed by atoms with Crippen LogP contribution in [0.2, 0.25) is 5.15 Å². The molecule has 20 heavy (non-hydrogen) atoms. The standard InChI is InChI=1S/C14H20ClN3O2/c1-3-10(4-2)16-12(19)8-18-13(20)7-11(15)17-14(18)9-5-6-9/h7,9-10H,3-6,8H2,1-2H3,(H,16,19). The van der Waals surface area contributed by atoms with Gasteiger partial charge in [-0.05, 0) is 25.7 Å². The normalized spacial score (nSPS) is 14.6. The van der Waals surface area contributed by atoms with Crippen LogP contribution in [0, 0.1) is 0 Å². The zero-order valence-corrected chi connectivity index (χ0v) is 12.6. The molecule has 1 aliphatic carbocycles. The van der Waals surface area contributed by atoms with Gasteiger partial charge in [0.1, 0.15) is 17.5 Å². The average Bonchev–Trinajstić information content (AvgIpc) is 3.23. The summed E-state index contributed by atoms with van der Waals surface area (Å²) in [5, 5.41) is 3.14. The third-order valence-corrected chi connectivity index (χ3v) is 3.80. The van der Waals surface area contributed by atoms with Crippen LogP contribution >= 0.6 is 11.6 Å².